The van der Waals surface area contributed by atoms with Crippen molar-refractivity contribution in [1.82, 2.24) is 4.98 Å². The summed E-state index contributed by atoms with van der Waals surface area (Å²) in [6.45, 7) is 4.60. The third-order valence-electron chi connectivity index (χ3n) is 3.88. The van der Waals surface area contributed by atoms with Crippen LogP contribution in [-0.2, 0) is 11.3 Å². The molecule has 114 valence electrons. The van der Waals surface area contributed by atoms with Gasteiger partial charge >= 0.3 is 6.92 Å². The first-order valence-electron chi connectivity index (χ1n) is 7.87. The minimum Gasteiger partial charge on any atom is -0.421 e. The Morgan fingerprint density at radius 2 is 1.35 bits per heavy atom. The van der Waals surface area contributed by atoms with Crippen molar-refractivity contribution in [1.29, 1.82) is 0 Å². The van der Waals surface area contributed by atoms with Crippen LogP contribution >= 0.6 is 0 Å². The van der Waals surface area contributed by atoms with Gasteiger partial charge in [-0.25, -0.2) is 0 Å². The van der Waals surface area contributed by atoms with Crippen molar-refractivity contribution in [2.24, 2.45) is 0 Å². The van der Waals surface area contributed by atoms with E-state index in [-0.39, 0.29) is 6.92 Å². The van der Waals surface area contributed by atoms with Gasteiger partial charge in [-0.1, -0.05) is 65.7 Å². The van der Waals surface area contributed by atoms with Crippen LogP contribution in [0.2, 0.25) is 0 Å². The SMILES string of the molecule is Cc1ccc(B(OCc2ccccn2)c2ccc(C)cc2)cc1. The second-order valence-electron chi connectivity index (χ2n) is 5.83. The summed E-state index contributed by atoms with van der Waals surface area (Å²) in [4.78, 5) is 4.34. The molecule has 0 aliphatic heterocycles. The molecule has 0 saturated heterocycles. The first-order valence-corrected chi connectivity index (χ1v) is 7.87. The standard InChI is InChI=1S/C20H20BNO/c1-16-6-10-18(11-7-16)21(19-12-8-17(2)9-13-19)23-15-20-5-3-4-14-22-20/h3-14H,15H2,1-2H3. The van der Waals surface area contributed by atoms with E-state index >= 15 is 0 Å². The van der Waals surface area contributed by atoms with E-state index < -0.39 is 0 Å². The number of nitrogens with zero attached hydrogens (tertiary/aromatic N) is 1. The van der Waals surface area contributed by atoms with Crippen molar-refractivity contribution in [2.75, 3.05) is 0 Å². The van der Waals surface area contributed by atoms with Crippen LogP contribution in [0, 0.1) is 13.8 Å². The summed E-state index contributed by atoms with van der Waals surface area (Å²) < 4.78 is 6.22. The minimum atomic E-state index is -0.0850. The molecule has 0 spiro atoms. The van der Waals surface area contributed by atoms with E-state index in [4.69, 9.17) is 4.65 Å². The molecule has 0 fully saturated rings. The van der Waals surface area contributed by atoms with Gasteiger partial charge in [-0.05, 0) is 36.9 Å². The summed E-state index contributed by atoms with van der Waals surface area (Å²) in [6, 6.07) is 22.9. The third-order valence-corrected chi connectivity index (χ3v) is 3.88. The molecule has 2 aromatic carbocycles. The second kappa shape index (κ2) is 7.25. The molecule has 3 rings (SSSR count). The van der Waals surface area contributed by atoms with Crippen LogP contribution in [0.5, 0.6) is 0 Å². The van der Waals surface area contributed by atoms with E-state index in [1.165, 1.54) is 11.1 Å². The third kappa shape index (κ3) is 4.08. The first-order chi connectivity index (χ1) is 11.2. The normalized spacial score (nSPS) is 10.5. The average molecular weight is 301 g/mol. The highest BCUT2D eigenvalue weighted by atomic mass is 16.4. The molecule has 3 aromatic rings. The van der Waals surface area contributed by atoms with Gasteiger partial charge in [0.1, 0.15) is 0 Å². The molecule has 0 N–H and O–H groups in total. The van der Waals surface area contributed by atoms with Crippen molar-refractivity contribution < 1.29 is 4.65 Å². The van der Waals surface area contributed by atoms with Crippen LogP contribution in [0.3, 0.4) is 0 Å². The zero-order valence-electron chi connectivity index (χ0n) is 13.6. The predicted octanol–water partition coefficient (Wildman–Crippen LogP) is 3.02. The van der Waals surface area contributed by atoms with Crippen molar-refractivity contribution in [3.63, 3.8) is 0 Å². The summed E-state index contributed by atoms with van der Waals surface area (Å²) in [5.41, 5.74) is 5.77. The van der Waals surface area contributed by atoms with Crippen molar-refractivity contribution in [2.45, 2.75) is 20.5 Å². The highest BCUT2D eigenvalue weighted by Gasteiger charge is 2.21. The zero-order valence-corrected chi connectivity index (χ0v) is 13.6. The number of hydrogen-bond acceptors (Lipinski definition) is 2. The maximum absolute atomic E-state index is 6.22. The van der Waals surface area contributed by atoms with Gasteiger partial charge in [-0.2, -0.15) is 0 Å². The molecule has 0 aliphatic carbocycles. The number of benzene rings is 2. The summed E-state index contributed by atoms with van der Waals surface area (Å²) in [6.07, 6.45) is 1.80. The van der Waals surface area contributed by atoms with E-state index in [1.807, 2.05) is 18.2 Å². The van der Waals surface area contributed by atoms with E-state index in [0.29, 0.717) is 6.61 Å². The molecule has 2 nitrogen and oxygen atoms in total. The first kappa shape index (κ1) is 15.5. The van der Waals surface area contributed by atoms with E-state index in [0.717, 1.165) is 16.6 Å². The average Bonchev–Trinajstić information content (AvgIpc) is 2.59. The number of aromatic nitrogens is 1. The molecule has 0 unspecified atom stereocenters. The van der Waals surface area contributed by atoms with Crippen LogP contribution in [-0.4, -0.2) is 11.9 Å². The van der Waals surface area contributed by atoms with Gasteiger partial charge in [-0.15, -0.1) is 0 Å². The topological polar surface area (TPSA) is 22.1 Å². The van der Waals surface area contributed by atoms with Crippen LogP contribution in [0.1, 0.15) is 16.8 Å². The van der Waals surface area contributed by atoms with E-state index in [9.17, 15) is 0 Å². The Morgan fingerprint density at radius 3 is 1.83 bits per heavy atom. The molecule has 0 aliphatic rings. The van der Waals surface area contributed by atoms with E-state index in [2.05, 4.69) is 67.4 Å². The zero-order chi connectivity index (χ0) is 16.1. The smallest absolute Gasteiger partial charge is 0.361 e. The Labute approximate surface area is 138 Å². The van der Waals surface area contributed by atoms with Gasteiger partial charge in [0.25, 0.3) is 0 Å². The van der Waals surface area contributed by atoms with Crippen LogP contribution in [0.4, 0.5) is 0 Å². The van der Waals surface area contributed by atoms with Gasteiger partial charge in [0.05, 0.1) is 12.3 Å². The van der Waals surface area contributed by atoms with Crippen molar-refractivity contribution >= 4 is 17.8 Å². The Hall–Kier alpha value is -2.39. The molecule has 23 heavy (non-hydrogen) atoms. The lowest BCUT2D eigenvalue weighted by Gasteiger charge is -2.16. The molecule has 0 amide bonds. The molecular weight excluding hydrogens is 281 g/mol. The van der Waals surface area contributed by atoms with Gasteiger partial charge in [0.15, 0.2) is 0 Å². The minimum absolute atomic E-state index is 0.0850. The largest absolute Gasteiger partial charge is 0.421 e. The Kier molecular flexibility index (Phi) is 4.89. The van der Waals surface area contributed by atoms with Crippen molar-refractivity contribution in [3.8, 4) is 0 Å². The fourth-order valence-corrected chi connectivity index (χ4v) is 2.52. The van der Waals surface area contributed by atoms with Gasteiger partial charge in [0, 0.05) is 6.20 Å². The Bertz CT molecular complexity index is 693. The van der Waals surface area contributed by atoms with Gasteiger partial charge < -0.3 is 4.65 Å². The lowest BCUT2D eigenvalue weighted by molar-refractivity contribution is 0.316. The van der Waals surface area contributed by atoms with Crippen molar-refractivity contribution in [3.05, 3.63) is 89.7 Å². The molecule has 1 aromatic heterocycles. The molecule has 0 atom stereocenters. The quantitative estimate of drug-likeness (QED) is 0.676. The maximum Gasteiger partial charge on any atom is 0.361 e. The van der Waals surface area contributed by atoms with Crippen LogP contribution < -0.4 is 10.9 Å². The highest BCUT2D eigenvalue weighted by molar-refractivity contribution is 6.80. The maximum atomic E-state index is 6.22. The fraction of sp³-hybridized carbons (Fsp3) is 0.150. The highest BCUT2D eigenvalue weighted by Crippen LogP contribution is 2.03. The summed E-state index contributed by atoms with van der Waals surface area (Å²) in [7, 11) is 0. The van der Waals surface area contributed by atoms with Gasteiger partial charge in [-0.3, -0.25) is 4.98 Å². The van der Waals surface area contributed by atoms with Gasteiger partial charge in [0.2, 0.25) is 0 Å². The molecular formula is C20H20BNO. The Balaban J connectivity index is 1.86. The van der Waals surface area contributed by atoms with Crippen LogP contribution in [0.25, 0.3) is 0 Å². The molecule has 0 bridgehead atoms. The number of pyridine rings is 1. The number of hydrogen-bond donors (Lipinski definition) is 0. The molecule has 3 heteroatoms. The lowest BCUT2D eigenvalue weighted by atomic mass is 9.55. The fourth-order valence-electron chi connectivity index (χ4n) is 2.52. The predicted molar refractivity (Wildman–Crippen MR) is 96.4 cm³/mol. The van der Waals surface area contributed by atoms with Crippen LogP contribution in [0.15, 0.2) is 72.9 Å². The lowest BCUT2D eigenvalue weighted by Crippen LogP contribution is -2.44. The Morgan fingerprint density at radius 1 is 0.783 bits per heavy atom. The number of rotatable bonds is 5. The summed E-state index contributed by atoms with van der Waals surface area (Å²) in [5, 5.41) is 0. The second-order valence-corrected chi connectivity index (χ2v) is 5.83. The molecule has 0 radical (unpaired) electrons. The number of aryl methyl sites for hydroxylation is 2. The summed E-state index contributed by atoms with van der Waals surface area (Å²) >= 11 is 0. The monoisotopic (exact) mass is 301 g/mol. The van der Waals surface area contributed by atoms with E-state index in [1.54, 1.807) is 6.20 Å². The molecule has 1 heterocycles. The molecule has 0 saturated carbocycles. The summed E-state index contributed by atoms with van der Waals surface area (Å²) in [5.74, 6) is 0.